The minimum absolute atomic E-state index is 0.130. The highest BCUT2D eigenvalue weighted by Crippen LogP contribution is 2.17. The molecule has 21 heavy (non-hydrogen) atoms. The van der Waals surface area contributed by atoms with Crippen molar-refractivity contribution in [2.45, 2.75) is 6.54 Å². The molecule has 2 aromatic rings. The van der Waals surface area contributed by atoms with E-state index in [1.807, 2.05) is 18.2 Å². The first-order valence-corrected chi connectivity index (χ1v) is 6.62. The monoisotopic (exact) mass is 282 g/mol. The van der Waals surface area contributed by atoms with Gasteiger partial charge in [0.2, 0.25) is 5.91 Å². The molecular weight excluding hydrogens is 264 g/mol. The molecule has 0 unspecified atom stereocenters. The Balaban J connectivity index is 1.99. The van der Waals surface area contributed by atoms with Gasteiger partial charge in [-0.25, -0.2) is 0 Å². The van der Waals surface area contributed by atoms with Gasteiger partial charge in [-0.3, -0.25) is 4.79 Å². The molecule has 4 heteroatoms. The van der Waals surface area contributed by atoms with Gasteiger partial charge in [-0.15, -0.1) is 0 Å². The lowest BCUT2D eigenvalue weighted by atomic mass is 10.2. The molecule has 0 spiro atoms. The third-order valence-electron chi connectivity index (χ3n) is 3.13. The lowest BCUT2D eigenvalue weighted by molar-refractivity contribution is -0.125. The fraction of sp³-hybridized carbons (Fsp3) is 0.118. The molecule has 4 nitrogen and oxygen atoms in total. The lowest BCUT2D eigenvalue weighted by Crippen LogP contribution is -2.24. The molecule has 0 atom stereocenters. The van der Waals surface area contributed by atoms with Gasteiger partial charge in [0.1, 0.15) is 5.75 Å². The first kappa shape index (κ1) is 14.7. The molecule has 2 rings (SSSR count). The number of carbonyl (C=O) groups is 1. The number of para-hydroxylation sites is 1. The molecule has 0 bridgehead atoms. The number of hydrogen-bond donors (Lipinski definition) is 2. The van der Waals surface area contributed by atoms with Crippen molar-refractivity contribution in [2.75, 3.05) is 12.8 Å². The maximum Gasteiger partial charge on any atom is 0.246 e. The van der Waals surface area contributed by atoms with Crippen LogP contribution in [0.2, 0.25) is 0 Å². The van der Waals surface area contributed by atoms with Crippen molar-refractivity contribution in [1.82, 2.24) is 4.90 Å². The van der Waals surface area contributed by atoms with E-state index in [9.17, 15) is 9.90 Å². The molecule has 0 saturated carbocycles. The summed E-state index contributed by atoms with van der Waals surface area (Å²) in [5.41, 5.74) is 7.93. The summed E-state index contributed by atoms with van der Waals surface area (Å²) >= 11 is 0. The summed E-state index contributed by atoms with van der Waals surface area (Å²) in [6.07, 6.45) is 3.24. The van der Waals surface area contributed by atoms with Gasteiger partial charge >= 0.3 is 0 Å². The molecule has 3 N–H and O–H groups in total. The van der Waals surface area contributed by atoms with Crippen LogP contribution in [0.15, 0.2) is 54.6 Å². The highest BCUT2D eigenvalue weighted by molar-refractivity contribution is 5.91. The maximum atomic E-state index is 12.0. The van der Waals surface area contributed by atoms with Crippen LogP contribution in [0, 0.1) is 0 Å². The van der Waals surface area contributed by atoms with E-state index in [2.05, 4.69) is 0 Å². The van der Waals surface area contributed by atoms with E-state index in [4.69, 9.17) is 5.73 Å². The summed E-state index contributed by atoms with van der Waals surface area (Å²) in [5, 5.41) is 9.71. The highest BCUT2D eigenvalue weighted by Gasteiger charge is 2.08. The van der Waals surface area contributed by atoms with E-state index >= 15 is 0 Å². The molecule has 2 aromatic carbocycles. The quantitative estimate of drug-likeness (QED) is 0.669. The van der Waals surface area contributed by atoms with Gasteiger partial charge in [-0.2, -0.15) is 0 Å². The van der Waals surface area contributed by atoms with Gasteiger partial charge in [0.15, 0.2) is 0 Å². The van der Waals surface area contributed by atoms with E-state index in [0.717, 1.165) is 5.56 Å². The normalized spacial score (nSPS) is 10.7. The average molecular weight is 282 g/mol. The van der Waals surface area contributed by atoms with E-state index in [-0.39, 0.29) is 11.7 Å². The molecule has 0 saturated heterocycles. The zero-order valence-electron chi connectivity index (χ0n) is 11.9. The number of nitrogen functional groups attached to an aromatic ring is 1. The van der Waals surface area contributed by atoms with Gasteiger partial charge < -0.3 is 15.7 Å². The molecule has 0 heterocycles. The van der Waals surface area contributed by atoms with E-state index < -0.39 is 0 Å². The summed E-state index contributed by atoms with van der Waals surface area (Å²) in [6.45, 7) is 0.359. The predicted molar refractivity (Wildman–Crippen MR) is 84.5 cm³/mol. The number of rotatable bonds is 4. The number of aromatic hydroxyl groups is 1. The summed E-state index contributed by atoms with van der Waals surface area (Å²) < 4.78 is 0. The molecule has 0 fully saturated rings. The zero-order valence-corrected chi connectivity index (χ0v) is 11.9. The highest BCUT2D eigenvalue weighted by atomic mass is 16.3. The number of hydrogen-bond acceptors (Lipinski definition) is 3. The molecule has 0 aromatic heterocycles. The van der Waals surface area contributed by atoms with Crippen LogP contribution in [-0.2, 0) is 11.3 Å². The number of likely N-dealkylation sites (N-methyl/N-ethyl adjacent to an activating group) is 1. The first-order chi connectivity index (χ1) is 10.1. The molecule has 0 aliphatic rings. The summed E-state index contributed by atoms with van der Waals surface area (Å²) in [7, 11) is 1.70. The van der Waals surface area contributed by atoms with Crippen molar-refractivity contribution in [3.63, 3.8) is 0 Å². The smallest absolute Gasteiger partial charge is 0.246 e. The van der Waals surface area contributed by atoms with Crippen molar-refractivity contribution in [3.05, 3.63) is 65.7 Å². The summed E-state index contributed by atoms with van der Waals surface area (Å²) in [5.74, 6) is 0.0646. The molecule has 108 valence electrons. The Hall–Kier alpha value is -2.75. The van der Waals surface area contributed by atoms with E-state index in [1.54, 1.807) is 48.4 Å². The van der Waals surface area contributed by atoms with Crippen molar-refractivity contribution in [1.29, 1.82) is 0 Å². The van der Waals surface area contributed by atoms with Crippen molar-refractivity contribution < 1.29 is 9.90 Å². The number of carbonyl (C=O) groups excluding carboxylic acids is 1. The van der Waals surface area contributed by atoms with Crippen LogP contribution in [0.5, 0.6) is 5.75 Å². The number of benzene rings is 2. The van der Waals surface area contributed by atoms with Gasteiger partial charge in [-0.05, 0) is 29.8 Å². The second kappa shape index (κ2) is 6.61. The number of nitrogens with two attached hydrogens (primary N) is 1. The van der Waals surface area contributed by atoms with Crippen LogP contribution in [0.4, 0.5) is 5.69 Å². The molecule has 0 aliphatic carbocycles. The van der Waals surface area contributed by atoms with Crippen LogP contribution in [0.1, 0.15) is 11.1 Å². The largest absolute Gasteiger partial charge is 0.508 e. The SMILES string of the molecule is CN(Cc1ccccc1O)C(=O)/C=C/c1ccc(N)cc1. The van der Waals surface area contributed by atoms with Crippen LogP contribution in [-0.4, -0.2) is 23.0 Å². The fourth-order valence-electron chi connectivity index (χ4n) is 1.88. The van der Waals surface area contributed by atoms with E-state index in [1.165, 1.54) is 6.08 Å². The Morgan fingerprint density at radius 1 is 1.19 bits per heavy atom. The number of anilines is 1. The van der Waals surface area contributed by atoms with Gasteiger partial charge in [0, 0.05) is 30.9 Å². The predicted octanol–water partition coefficient (Wildman–Crippen LogP) is 2.65. The Kier molecular flexibility index (Phi) is 4.61. The number of phenolic OH excluding ortho intramolecular Hbond substituents is 1. The number of amides is 1. The minimum atomic E-state index is -0.130. The number of nitrogens with zero attached hydrogens (tertiary/aromatic N) is 1. The fourth-order valence-corrected chi connectivity index (χ4v) is 1.88. The van der Waals surface area contributed by atoms with Crippen LogP contribution < -0.4 is 5.73 Å². The second-order valence-corrected chi connectivity index (χ2v) is 4.82. The van der Waals surface area contributed by atoms with Crippen molar-refractivity contribution >= 4 is 17.7 Å². The Labute approximate surface area is 124 Å². The molecule has 1 amide bonds. The Morgan fingerprint density at radius 2 is 1.86 bits per heavy atom. The standard InChI is InChI=1S/C17H18N2O2/c1-19(12-14-4-2-3-5-16(14)20)17(21)11-8-13-6-9-15(18)10-7-13/h2-11,20H,12,18H2,1H3/b11-8+. The molecule has 0 aliphatic heterocycles. The van der Waals surface area contributed by atoms with Crippen LogP contribution >= 0.6 is 0 Å². The van der Waals surface area contributed by atoms with Crippen molar-refractivity contribution in [3.8, 4) is 5.75 Å². The van der Waals surface area contributed by atoms with Gasteiger partial charge in [0.25, 0.3) is 0 Å². The zero-order chi connectivity index (χ0) is 15.2. The van der Waals surface area contributed by atoms with Crippen LogP contribution in [0.3, 0.4) is 0 Å². The third-order valence-corrected chi connectivity index (χ3v) is 3.13. The van der Waals surface area contributed by atoms with E-state index in [0.29, 0.717) is 17.8 Å². The maximum absolute atomic E-state index is 12.0. The van der Waals surface area contributed by atoms with Gasteiger partial charge in [0.05, 0.1) is 0 Å². The topological polar surface area (TPSA) is 66.6 Å². The second-order valence-electron chi connectivity index (χ2n) is 4.82. The molecular formula is C17H18N2O2. The average Bonchev–Trinajstić information content (AvgIpc) is 2.48. The minimum Gasteiger partial charge on any atom is -0.508 e. The van der Waals surface area contributed by atoms with Gasteiger partial charge in [-0.1, -0.05) is 30.3 Å². The lowest BCUT2D eigenvalue weighted by Gasteiger charge is -2.15. The summed E-state index contributed by atoms with van der Waals surface area (Å²) in [6, 6.07) is 14.3. The Morgan fingerprint density at radius 3 is 2.52 bits per heavy atom. The van der Waals surface area contributed by atoms with Crippen LogP contribution in [0.25, 0.3) is 6.08 Å². The molecule has 0 radical (unpaired) electrons. The number of phenols is 1. The Bertz CT molecular complexity index is 648. The van der Waals surface area contributed by atoms with Crippen molar-refractivity contribution in [2.24, 2.45) is 0 Å². The first-order valence-electron chi connectivity index (χ1n) is 6.62. The third kappa shape index (κ3) is 4.11. The summed E-state index contributed by atoms with van der Waals surface area (Å²) in [4.78, 5) is 13.6.